The number of aliphatic hydroxyl groups is 2. The summed E-state index contributed by atoms with van der Waals surface area (Å²) in [5, 5.41) is 23.3. The van der Waals surface area contributed by atoms with Gasteiger partial charge in [-0.25, -0.2) is 0 Å². The Kier molecular flexibility index (Phi) is 66.3. The van der Waals surface area contributed by atoms with E-state index in [1.807, 2.05) is 6.08 Å². The highest BCUT2D eigenvalue weighted by Gasteiger charge is 2.18. The van der Waals surface area contributed by atoms with Crippen LogP contribution in [0.25, 0.3) is 0 Å². The van der Waals surface area contributed by atoms with E-state index in [0.717, 1.165) is 96.3 Å². The van der Waals surface area contributed by atoms with Crippen LogP contribution >= 0.6 is 0 Å². The Labute approximate surface area is 492 Å². The third-order valence-corrected chi connectivity index (χ3v) is 15.2. The van der Waals surface area contributed by atoms with Crippen molar-refractivity contribution in [1.82, 2.24) is 5.32 Å². The molecule has 79 heavy (non-hydrogen) atoms. The van der Waals surface area contributed by atoms with E-state index in [-0.39, 0.29) is 12.5 Å². The number of unbranched alkanes of at least 4 members (excludes halogenated alkanes) is 37. The van der Waals surface area contributed by atoms with Gasteiger partial charge in [0.15, 0.2) is 0 Å². The molecule has 1 amide bonds. The van der Waals surface area contributed by atoms with Gasteiger partial charge >= 0.3 is 0 Å². The molecule has 0 aromatic rings. The molecule has 4 heteroatoms. The standard InChI is InChI=1S/C75H131NO3/c1-3-5-7-9-11-13-15-17-19-21-23-25-27-29-31-33-35-37-38-39-41-43-45-47-49-51-53-55-57-59-61-63-65-67-69-71-75(79)76-73(72-77)74(78)70-68-66-64-62-60-58-56-54-52-50-48-46-44-42-40-36-34-32-30-28-26-24-22-20-18-16-14-12-10-8-6-4-2/h5,7,11,13,17,19,23,25,29,31,35,37,39,41,45,47,51,53,68,70,73-74,77-78H,3-4,6,8-10,12,14-16,18,20-22,24,26-28,30,32-34,36,38,40,42-44,46,48-50,52,54-67,69,71-72H2,1-2H3,(H,76,79)/b7-5-,13-11-,19-17-,25-23-,31-29-,37-35-,41-39-,47-45-,53-51-,70-68+. The van der Waals surface area contributed by atoms with E-state index < -0.39 is 12.1 Å². The first-order chi connectivity index (χ1) is 39.2. The zero-order valence-corrected chi connectivity index (χ0v) is 52.4. The van der Waals surface area contributed by atoms with Crippen molar-refractivity contribution in [1.29, 1.82) is 0 Å². The predicted molar refractivity (Wildman–Crippen MR) is 354 cm³/mol. The smallest absolute Gasteiger partial charge is 0.220 e. The van der Waals surface area contributed by atoms with Crippen LogP contribution in [0.2, 0.25) is 0 Å². The summed E-state index contributed by atoms with van der Waals surface area (Å²) >= 11 is 0. The molecule has 0 aliphatic carbocycles. The molecule has 0 aromatic heterocycles. The average molecular weight is 1090 g/mol. The molecule has 0 aliphatic rings. The average Bonchev–Trinajstić information content (AvgIpc) is 3.45. The van der Waals surface area contributed by atoms with Crippen molar-refractivity contribution in [3.8, 4) is 0 Å². The van der Waals surface area contributed by atoms with Crippen LogP contribution < -0.4 is 5.32 Å². The van der Waals surface area contributed by atoms with Crippen LogP contribution in [0.3, 0.4) is 0 Å². The summed E-state index contributed by atoms with van der Waals surface area (Å²) in [7, 11) is 0. The second-order valence-electron chi connectivity index (χ2n) is 22.9. The lowest BCUT2D eigenvalue weighted by Gasteiger charge is -2.20. The van der Waals surface area contributed by atoms with Gasteiger partial charge in [-0.05, 0) is 89.9 Å². The van der Waals surface area contributed by atoms with Crippen molar-refractivity contribution in [2.24, 2.45) is 0 Å². The monoisotopic (exact) mass is 1090 g/mol. The van der Waals surface area contributed by atoms with Gasteiger partial charge in [0.1, 0.15) is 0 Å². The van der Waals surface area contributed by atoms with Crippen LogP contribution in [-0.2, 0) is 4.79 Å². The van der Waals surface area contributed by atoms with Gasteiger partial charge in [0, 0.05) is 6.42 Å². The summed E-state index contributed by atoms with van der Waals surface area (Å²) in [6.45, 7) is 4.21. The molecule has 0 aliphatic heterocycles. The summed E-state index contributed by atoms with van der Waals surface area (Å²) in [4.78, 5) is 12.5. The zero-order valence-electron chi connectivity index (χ0n) is 52.4. The highest BCUT2D eigenvalue weighted by molar-refractivity contribution is 5.76. The van der Waals surface area contributed by atoms with Gasteiger partial charge in [0.2, 0.25) is 5.91 Å². The maximum atomic E-state index is 12.5. The molecule has 4 nitrogen and oxygen atoms in total. The quantitative estimate of drug-likeness (QED) is 0.0420. The van der Waals surface area contributed by atoms with Gasteiger partial charge < -0.3 is 15.5 Å². The second kappa shape index (κ2) is 69.1. The van der Waals surface area contributed by atoms with E-state index in [1.165, 1.54) is 212 Å². The van der Waals surface area contributed by atoms with Gasteiger partial charge in [-0.1, -0.05) is 354 Å². The molecule has 0 fully saturated rings. The van der Waals surface area contributed by atoms with E-state index in [9.17, 15) is 15.0 Å². The van der Waals surface area contributed by atoms with E-state index in [4.69, 9.17) is 0 Å². The Hall–Kier alpha value is -3.21. The Balaban J connectivity index is 3.56. The second-order valence-corrected chi connectivity index (χ2v) is 22.9. The number of amides is 1. The number of allylic oxidation sites excluding steroid dienone is 19. The highest BCUT2D eigenvalue weighted by Crippen LogP contribution is 2.18. The Morgan fingerprint density at radius 2 is 0.557 bits per heavy atom. The molecule has 0 heterocycles. The van der Waals surface area contributed by atoms with Gasteiger partial charge in [-0.2, -0.15) is 0 Å². The lowest BCUT2D eigenvalue weighted by atomic mass is 10.0. The Morgan fingerprint density at radius 3 is 0.835 bits per heavy atom. The minimum absolute atomic E-state index is 0.0764. The van der Waals surface area contributed by atoms with Crippen LogP contribution in [-0.4, -0.2) is 34.9 Å². The molecule has 3 N–H and O–H groups in total. The number of hydrogen-bond acceptors (Lipinski definition) is 3. The Morgan fingerprint density at radius 1 is 0.316 bits per heavy atom. The molecule has 2 unspecified atom stereocenters. The number of carbonyl (C=O) groups is 1. The number of rotatable bonds is 62. The number of nitrogens with one attached hydrogen (secondary N) is 1. The molecule has 0 saturated heterocycles. The predicted octanol–water partition coefficient (Wildman–Crippen LogP) is 23.5. The molecule has 0 aromatic carbocycles. The molecule has 0 radical (unpaired) electrons. The lowest BCUT2D eigenvalue weighted by Crippen LogP contribution is -2.45. The maximum absolute atomic E-state index is 12.5. The van der Waals surface area contributed by atoms with Crippen LogP contribution in [0, 0.1) is 0 Å². The van der Waals surface area contributed by atoms with Crippen LogP contribution in [0.1, 0.15) is 328 Å². The molecule has 0 bridgehead atoms. The van der Waals surface area contributed by atoms with Gasteiger partial charge in [-0.3, -0.25) is 4.79 Å². The summed E-state index contributed by atoms with van der Waals surface area (Å²) < 4.78 is 0. The van der Waals surface area contributed by atoms with Crippen molar-refractivity contribution in [3.05, 3.63) is 122 Å². The Bertz CT molecular complexity index is 1520. The van der Waals surface area contributed by atoms with Gasteiger partial charge in [0.05, 0.1) is 18.8 Å². The molecular formula is C75H131NO3. The van der Waals surface area contributed by atoms with Crippen LogP contribution in [0.5, 0.6) is 0 Å². The fourth-order valence-corrected chi connectivity index (χ4v) is 10.1. The van der Waals surface area contributed by atoms with E-state index in [2.05, 4.69) is 129 Å². The van der Waals surface area contributed by atoms with Crippen LogP contribution in [0.15, 0.2) is 122 Å². The van der Waals surface area contributed by atoms with E-state index in [0.29, 0.717) is 6.42 Å². The van der Waals surface area contributed by atoms with E-state index in [1.54, 1.807) is 6.08 Å². The minimum Gasteiger partial charge on any atom is -0.394 e. The normalized spacial score (nSPS) is 13.5. The molecule has 2 atom stereocenters. The van der Waals surface area contributed by atoms with Crippen molar-refractivity contribution in [2.45, 2.75) is 341 Å². The first-order valence-corrected chi connectivity index (χ1v) is 34.2. The maximum Gasteiger partial charge on any atom is 0.220 e. The van der Waals surface area contributed by atoms with E-state index >= 15 is 0 Å². The third kappa shape index (κ3) is 65.5. The summed E-state index contributed by atoms with van der Waals surface area (Å²) in [5.74, 6) is -0.0764. The molecule has 454 valence electrons. The van der Waals surface area contributed by atoms with Crippen molar-refractivity contribution in [2.75, 3.05) is 6.61 Å². The van der Waals surface area contributed by atoms with Crippen molar-refractivity contribution >= 4 is 5.91 Å². The van der Waals surface area contributed by atoms with Gasteiger partial charge in [-0.15, -0.1) is 0 Å². The summed E-state index contributed by atoms with van der Waals surface area (Å²) in [6, 6.07) is -0.639. The SMILES string of the molecule is CC/C=C\C/C=C\C/C=C\C/C=C\C/C=C\C/C=C\C/C=C\C/C=C\C/C=C\CCCCCCCCCC(=O)NC(CO)C(O)/C=C/CCCCCCCCCCCCCCCCCCCCCCCCCCCCCCCC. The van der Waals surface area contributed by atoms with Crippen molar-refractivity contribution < 1.29 is 15.0 Å². The molecule has 0 rings (SSSR count). The molecule has 0 saturated carbocycles. The molecule has 0 spiro atoms. The highest BCUT2D eigenvalue weighted by atomic mass is 16.3. The fraction of sp³-hybridized carbons (Fsp3) is 0.720. The zero-order chi connectivity index (χ0) is 56.9. The fourth-order valence-electron chi connectivity index (χ4n) is 10.1. The largest absolute Gasteiger partial charge is 0.394 e. The lowest BCUT2D eigenvalue weighted by molar-refractivity contribution is -0.123. The first kappa shape index (κ1) is 75.8. The van der Waals surface area contributed by atoms with Crippen molar-refractivity contribution in [3.63, 3.8) is 0 Å². The van der Waals surface area contributed by atoms with Gasteiger partial charge in [0.25, 0.3) is 0 Å². The summed E-state index contributed by atoms with van der Waals surface area (Å²) in [5.41, 5.74) is 0. The first-order valence-electron chi connectivity index (χ1n) is 34.2. The molecular weight excluding hydrogens is 963 g/mol. The van der Waals surface area contributed by atoms with Crippen LogP contribution in [0.4, 0.5) is 0 Å². The topological polar surface area (TPSA) is 69.6 Å². The number of hydrogen-bond donors (Lipinski definition) is 3. The minimum atomic E-state index is -0.855. The third-order valence-electron chi connectivity index (χ3n) is 15.2. The summed E-state index contributed by atoms with van der Waals surface area (Å²) in [6.07, 6.45) is 106. The number of carbonyl (C=O) groups excluding carboxylic acids is 1. The number of aliphatic hydroxyl groups excluding tert-OH is 2.